The summed E-state index contributed by atoms with van der Waals surface area (Å²) in [6, 6.07) is 0.0673. The Hall–Kier alpha value is -0.770. The molecule has 0 spiro atoms. The minimum Gasteiger partial charge on any atom is -0.386 e. The van der Waals surface area contributed by atoms with Crippen LogP contribution in [0.25, 0.3) is 0 Å². The second-order valence-electron chi connectivity index (χ2n) is 8.46. The lowest BCUT2D eigenvalue weighted by Gasteiger charge is -2.57. The summed E-state index contributed by atoms with van der Waals surface area (Å²) >= 11 is 0. The van der Waals surface area contributed by atoms with E-state index in [1.807, 2.05) is 0 Å². The molecule has 118 valence electrons. The van der Waals surface area contributed by atoms with Crippen molar-refractivity contribution < 1.29 is 9.90 Å². The van der Waals surface area contributed by atoms with Gasteiger partial charge in [0.15, 0.2) is 0 Å². The summed E-state index contributed by atoms with van der Waals surface area (Å²) in [7, 11) is 0. The highest BCUT2D eigenvalue weighted by Gasteiger charge is 2.53. The molecule has 4 bridgehead atoms. The SMILES string of the molecule is CCCC1(O)CN(C(=O)NC23CC4CC(CC(C4)C2)C3)C1. The van der Waals surface area contributed by atoms with Crippen LogP contribution in [0.15, 0.2) is 0 Å². The van der Waals surface area contributed by atoms with E-state index >= 15 is 0 Å². The molecule has 0 radical (unpaired) electrons. The molecule has 1 aliphatic heterocycles. The average molecular weight is 292 g/mol. The molecule has 0 unspecified atom stereocenters. The number of hydrogen-bond acceptors (Lipinski definition) is 2. The van der Waals surface area contributed by atoms with E-state index in [2.05, 4.69) is 12.2 Å². The van der Waals surface area contributed by atoms with Gasteiger partial charge in [-0.05, 0) is 62.7 Å². The minimum atomic E-state index is -0.617. The van der Waals surface area contributed by atoms with Crippen molar-refractivity contribution in [3.05, 3.63) is 0 Å². The predicted molar refractivity (Wildman–Crippen MR) is 80.9 cm³/mol. The standard InChI is InChI=1S/C17H28N2O2/c1-2-3-17(21)10-19(11-17)15(20)18-16-7-12-4-13(8-16)6-14(5-12)9-16/h12-14,21H,2-11H2,1H3,(H,18,20). The van der Waals surface area contributed by atoms with Gasteiger partial charge in [0.2, 0.25) is 0 Å². The van der Waals surface area contributed by atoms with E-state index < -0.39 is 5.60 Å². The number of urea groups is 1. The van der Waals surface area contributed by atoms with Gasteiger partial charge in [-0.25, -0.2) is 4.79 Å². The Morgan fingerprint density at radius 2 is 1.67 bits per heavy atom. The molecule has 0 atom stereocenters. The van der Waals surface area contributed by atoms with Crippen LogP contribution in [-0.4, -0.2) is 40.3 Å². The Morgan fingerprint density at radius 3 is 2.14 bits per heavy atom. The Morgan fingerprint density at radius 1 is 1.14 bits per heavy atom. The zero-order valence-corrected chi connectivity index (χ0v) is 13.1. The summed E-state index contributed by atoms with van der Waals surface area (Å²) in [5.74, 6) is 2.56. The number of carbonyl (C=O) groups excluding carboxylic acids is 1. The predicted octanol–water partition coefficient (Wildman–Crippen LogP) is 2.51. The summed E-state index contributed by atoms with van der Waals surface area (Å²) in [6.07, 6.45) is 9.54. The molecule has 4 saturated carbocycles. The van der Waals surface area contributed by atoms with Crippen LogP contribution in [0.1, 0.15) is 58.3 Å². The fraction of sp³-hybridized carbons (Fsp3) is 0.941. The van der Waals surface area contributed by atoms with E-state index in [0.717, 1.165) is 30.6 Å². The summed E-state index contributed by atoms with van der Waals surface area (Å²) in [5.41, 5.74) is -0.530. The first-order valence-electron chi connectivity index (χ1n) is 8.79. The van der Waals surface area contributed by atoms with Crippen LogP contribution in [0.5, 0.6) is 0 Å². The van der Waals surface area contributed by atoms with Crippen molar-refractivity contribution in [1.29, 1.82) is 0 Å². The fourth-order valence-corrected chi connectivity index (χ4v) is 6.00. The molecule has 5 aliphatic rings. The maximum absolute atomic E-state index is 12.5. The molecule has 0 aromatic heterocycles. The second-order valence-corrected chi connectivity index (χ2v) is 8.46. The molecule has 1 heterocycles. The highest BCUT2D eigenvalue weighted by Crippen LogP contribution is 2.55. The molecule has 0 aromatic rings. The zero-order chi connectivity index (χ0) is 14.7. The normalized spacial score (nSPS) is 42.8. The topological polar surface area (TPSA) is 52.6 Å². The van der Waals surface area contributed by atoms with Crippen molar-refractivity contribution in [2.24, 2.45) is 17.8 Å². The van der Waals surface area contributed by atoms with E-state index in [0.29, 0.717) is 13.1 Å². The van der Waals surface area contributed by atoms with Crippen molar-refractivity contribution in [2.45, 2.75) is 69.4 Å². The van der Waals surface area contributed by atoms with Crippen LogP contribution in [0.2, 0.25) is 0 Å². The molecule has 1 saturated heterocycles. The number of nitrogens with zero attached hydrogens (tertiary/aromatic N) is 1. The van der Waals surface area contributed by atoms with Gasteiger partial charge < -0.3 is 15.3 Å². The number of rotatable bonds is 3. The number of hydrogen-bond donors (Lipinski definition) is 2. The number of carbonyl (C=O) groups is 1. The number of amides is 2. The third-order valence-electron chi connectivity index (χ3n) is 6.38. The molecule has 0 aromatic carbocycles. The molecule has 2 N–H and O–H groups in total. The second kappa shape index (κ2) is 4.61. The molecule has 5 fully saturated rings. The first-order valence-corrected chi connectivity index (χ1v) is 8.79. The van der Waals surface area contributed by atoms with Crippen LogP contribution in [0.4, 0.5) is 4.79 Å². The van der Waals surface area contributed by atoms with Crippen molar-refractivity contribution in [3.63, 3.8) is 0 Å². The van der Waals surface area contributed by atoms with Gasteiger partial charge in [0, 0.05) is 5.54 Å². The van der Waals surface area contributed by atoms with Gasteiger partial charge in [0.1, 0.15) is 0 Å². The van der Waals surface area contributed by atoms with Gasteiger partial charge in [-0.2, -0.15) is 0 Å². The van der Waals surface area contributed by atoms with Gasteiger partial charge in [-0.1, -0.05) is 13.3 Å². The Kier molecular flexibility index (Phi) is 3.04. The van der Waals surface area contributed by atoms with Crippen LogP contribution in [0.3, 0.4) is 0 Å². The number of nitrogens with one attached hydrogen (secondary N) is 1. The lowest BCUT2D eigenvalue weighted by atomic mass is 9.53. The van der Waals surface area contributed by atoms with E-state index in [-0.39, 0.29) is 11.6 Å². The van der Waals surface area contributed by atoms with Crippen molar-refractivity contribution >= 4 is 6.03 Å². The molecule has 5 rings (SSSR count). The lowest BCUT2D eigenvalue weighted by Crippen LogP contribution is -2.69. The van der Waals surface area contributed by atoms with E-state index in [4.69, 9.17) is 0 Å². The van der Waals surface area contributed by atoms with E-state index in [1.54, 1.807) is 4.90 Å². The highest BCUT2D eigenvalue weighted by atomic mass is 16.3. The summed E-state index contributed by atoms with van der Waals surface area (Å²) in [4.78, 5) is 14.3. The quantitative estimate of drug-likeness (QED) is 0.840. The van der Waals surface area contributed by atoms with Crippen molar-refractivity contribution in [1.82, 2.24) is 10.2 Å². The Balaban J connectivity index is 1.37. The van der Waals surface area contributed by atoms with Crippen LogP contribution in [-0.2, 0) is 0 Å². The first-order chi connectivity index (χ1) is 9.99. The third kappa shape index (κ3) is 2.36. The third-order valence-corrected chi connectivity index (χ3v) is 6.38. The minimum absolute atomic E-state index is 0.0673. The molecular formula is C17H28N2O2. The lowest BCUT2D eigenvalue weighted by molar-refractivity contribution is -0.0857. The van der Waals surface area contributed by atoms with Gasteiger partial charge in [0.25, 0.3) is 0 Å². The Bertz CT molecular complexity index is 407. The van der Waals surface area contributed by atoms with E-state index in [9.17, 15) is 9.90 Å². The van der Waals surface area contributed by atoms with Crippen molar-refractivity contribution in [2.75, 3.05) is 13.1 Å². The maximum Gasteiger partial charge on any atom is 0.318 e. The summed E-state index contributed by atoms with van der Waals surface area (Å²) < 4.78 is 0. The monoisotopic (exact) mass is 292 g/mol. The maximum atomic E-state index is 12.5. The van der Waals surface area contributed by atoms with Crippen molar-refractivity contribution in [3.8, 4) is 0 Å². The number of aliphatic hydroxyl groups is 1. The highest BCUT2D eigenvalue weighted by molar-refractivity contribution is 5.76. The smallest absolute Gasteiger partial charge is 0.318 e. The average Bonchev–Trinajstić information content (AvgIpc) is 2.33. The summed E-state index contributed by atoms with van der Waals surface area (Å²) in [5, 5.41) is 13.6. The molecule has 4 heteroatoms. The largest absolute Gasteiger partial charge is 0.386 e. The number of likely N-dealkylation sites (tertiary alicyclic amines) is 1. The summed E-state index contributed by atoms with van der Waals surface area (Å²) in [6.45, 7) is 3.11. The molecule has 2 amide bonds. The molecular weight excluding hydrogens is 264 g/mol. The van der Waals surface area contributed by atoms with Gasteiger partial charge in [0.05, 0.1) is 18.7 Å². The van der Waals surface area contributed by atoms with Gasteiger partial charge in [-0.15, -0.1) is 0 Å². The van der Waals surface area contributed by atoms with Crippen LogP contribution in [0, 0.1) is 17.8 Å². The fourth-order valence-electron chi connectivity index (χ4n) is 6.00. The van der Waals surface area contributed by atoms with Crippen LogP contribution < -0.4 is 5.32 Å². The van der Waals surface area contributed by atoms with Gasteiger partial charge >= 0.3 is 6.03 Å². The first kappa shape index (κ1) is 13.9. The van der Waals surface area contributed by atoms with Crippen LogP contribution >= 0.6 is 0 Å². The van der Waals surface area contributed by atoms with Gasteiger partial charge in [-0.3, -0.25) is 0 Å². The number of β-amino-alcohol motifs (C(OH)–C–C–N with tert-alkyl or cyclic N) is 1. The molecule has 4 aliphatic carbocycles. The van der Waals surface area contributed by atoms with E-state index in [1.165, 1.54) is 38.5 Å². The Labute approximate surface area is 127 Å². The zero-order valence-electron chi connectivity index (χ0n) is 13.1. The molecule has 21 heavy (non-hydrogen) atoms. The molecule has 4 nitrogen and oxygen atoms in total.